The second kappa shape index (κ2) is 6.70. The summed E-state index contributed by atoms with van der Waals surface area (Å²) >= 11 is 0. The summed E-state index contributed by atoms with van der Waals surface area (Å²) in [5.41, 5.74) is 0.831. The van der Waals surface area contributed by atoms with Crippen LogP contribution in [0, 0.1) is 0 Å². The number of ether oxygens (including phenoxy) is 1. The SMILES string of the molecule is CC(C)c1nnc2c(N3CCC[C@H]3COc3ccccc3)nccn12. The van der Waals surface area contributed by atoms with E-state index >= 15 is 0 Å². The number of para-hydroxylation sites is 1. The Labute approximate surface area is 147 Å². The molecule has 2 aromatic heterocycles. The van der Waals surface area contributed by atoms with E-state index < -0.39 is 0 Å². The smallest absolute Gasteiger partial charge is 0.203 e. The van der Waals surface area contributed by atoms with Gasteiger partial charge in [-0.15, -0.1) is 10.2 Å². The summed E-state index contributed by atoms with van der Waals surface area (Å²) in [6.07, 6.45) is 6.02. The molecule has 1 aliphatic rings. The highest BCUT2D eigenvalue weighted by Gasteiger charge is 2.29. The van der Waals surface area contributed by atoms with Gasteiger partial charge in [-0.1, -0.05) is 32.0 Å². The van der Waals surface area contributed by atoms with Crippen molar-refractivity contribution in [2.45, 2.75) is 38.6 Å². The lowest BCUT2D eigenvalue weighted by Gasteiger charge is -2.25. The normalized spacial score (nSPS) is 17.6. The van der Waals surface area contributed by atoms with Gasteiger partial charge in [0.1, 0.15) is 18.2 Å². The monoisotopic (exact) mass is 337 g/mol. The molecule has 0 saturated carbocycles. The molecule has 0 aliphatic carbocycles. The fourth-order valence-electron chi connectivity index (χ4n) is 3.42. The van der Waals surface area contributed by atoms with E-state index in [1.54, 1.807) is 0 Å². The van der Waals surface area contributed by atoms with Crippen LogP contribution >= 0.6 is 0 Å². The van der Waals surface area contributed by atoms with Gasteiger partial charge in [-0.2, -0.15) is 0 Å². The highest BCUT2D eigenvalue weighted by atomic mass is 16.5. The van der Waals surface area contributed by atoms with Gasteiger partial charge in [0.05, 0.1) is 6.04 Å². The first-order valence-corrected chi connectivity index (χ1v) is 8.88. The number of rotatable bonds is 5. The Kier molecular flexibility index (Phi) is 4.26. The van der Waals surface area contributed by atoms with Gasteiger partial charge in [-0.25, -0.2) is 4.98 Å². The van der Waals surface area contributed by atoms with Gasteiger partial charge >= 0.3 is 0 Å². The Balaban J connectivity index is 1.59. The summed E-state index contributed by atoms with van der Waals surface area (Å²) in [5.74, 6) is 3.10. The van der Waals surface area contributed by atoms with Crippen molar-refractivity contribution < 1.29 is 4.74 Å². The molecule has 1 aromatic carbocycles. The van der Waals surface area contributed by atoms with E-state index in [-0.39, 0.29) is 0 Å². The molecule has 0 spiro atoms. The van der Waals surface area contributed by atoms with Crippen molar-refractivity contribution in [1.29, 1.82) is 0 Å². The lowest BCUT2D eigenvalue weighted by molar-refractivity contribution is 0.288. The van der Waals surface area contributed by atoms with Crippen LogP contribution in [-0.2, 0) is 0 Å². The Hall–Kier alpha value is -2.63. The third-order valence-corrected chi connectivity index (χ3v) is 4.69. The standard InChI is InChI=1S/C19H23N5O/c1-14(2)17-21-22-19-18(20-10-12-24(17)19)23-11-6-7-15(23)13-25-16-8-4-3-5-9-16/h3-5,8-10,12,14-15H,6-7,11,13H2,1-2H3/t15-/m0/s1. The lowest BCUT2D eigenvalue weighted by Crippen LogP contribution is -2.35. The van der Waals surface area contributed by atoms with E-state index in [9.17, 15) is 0 Å². The third kappa shape index (κ3) is 3.04. The topological polar surface area (TPSA) is 55.5 Å². The maximum absolute atomic E-state index is 5.98. The molecule has 3 aromatic rings. The Morgan fingerprint density at radius 1 is 1.20 bits per heavy atom. The second-order valence-electron chi connectivity index (χ2n) is 6.77. The molecule has 0 unspecified atom stereocenters. The Bertz CT molecular complexity index is 845. The molecular formula is C19H23N5O. The van der Waals surface area contributed by atoms with Crippen molar-refractivity contribution in [1.82, 2.24) is 19.6 Å². The number of benzene rings is 1. The molecule has 1 atom stereocenters. The molecular weight excluding hydrogens is 314 g/mol. The molecule has 0 N–H and O–H groups in total. The zero-order valence-electron chi connectivity index (χ0n) is 14.7. The number of hydrogen-bond donors (Lipinski definition) is 0. The zero-order valence-corrected chi connectivity index (χ0v) is 14.7. The van der Waals surface area contributed by atoms with Gasteiger partial charge in [0.25, 0.3) is 0 Å². The average molecular weight is 337 g/mol. The Morgan fingerprint density at radius 2 is 2.04 bits per heavy atom. The maximum Gasteiger partial charge on any atom is 0.203 e. The number of anilines is 1. The van der Waals surface area contributed by atoms with E-state index in [2.05, 4.69) is 38.3 Å². The van der Waals surface area contributed by atoms with Crippen LogP contribution in [0.5, 0.6) is 5.75 Å². The number of fused-ring (bicyclic) bond motifs is 1. The van der Waals surface area contributed by atoms with Crippen molar-refractivity contribution in [3.05, 3.63) is 48.5 Å². The first-order valence-electron chi connectivity index (χ1n) is 8.88. The first-order chi connectivity index (χ1) is 12.2. The molecule has 1 fully saturated rings. The first kappa shape index (κ1) is 15.9. The van der Waals surface area contributed by atoms with E-state index in [1.807, 2.05) is 42.7 Å². The highest BCUT2D eigenvalue weighted by Crippen LogP contribution is 2.28. The van der Waals surface area contributed by atoms with Gasteiger partial charge in [0.2, 0.25) is 5.65 Å². The predicted octanol–water partition coefficient (Wildman–Crippen LogP) is 3.30. The van der Waals surface area contributed by atoms with Crippen LogP contribution in [0.15, 0.2) is 42.7 Å². The van der Waals surface area contributed by atoms with Gasteiger partial charge in [-0.3, -0.25) is 4.40 Å². The zero-order chi connectivity index (χ0) is 17.2. The molecule has 0 amide bonds. The summed E-state index contributed by atoms with van der Waals surface area (Å²) in [5, 5.41) is 8.77. The van der Waals surface area contributed by atoms with Crippen molar-refractivity contribution >= 4 is 11.5 Å². The molecule has 25 heavy (non-hydrogen) atoms. The quantitative estimate of drug-likeness (QED) is 0.715. The van der Waals surface area contributed by atoms with Crippen LogP contribution in [0.2, 0.25) is 0 Å². The minimum atomic E-state index is 0.304. The second-order valence-corrected chi connectivity index (χ2v) is 6.77. The summed E-state index contributed by atoms with van der Waals surface area (Å²) in [6, 6.07) is 10.3. The number of nitrogens with zero attached hydrogens (tertiary/aromatic N) is 5. The van der Waals surface area contributed by atoms with E-state index in [0.717, 1.165) is 42.4 Å². The minimum absolute atomic E-state index is 0.304. The summed E-state index contributed by atoms with van der Waals surface area (Å²) in [6.45, 7) is 5.88. The van der Waals surface area contributed by atoms with Gasteiger partial charge in [0, 0.05) is 24.9 Å². The van der Waals surface area contributed by atoms with Gasteiger partial charge < -0.3 is 9.64 Å². The largest absolute Gasteiger partial charge is 0.491 e. The number of hydrogen-bond acceptors (Lipinski definition) is 5. The van der Waals surface area contributed by atoms with Crippen LogP contribution in [0.1, 0.15) is 38.4 Å². The van der Waals surface area contributed by atoms with Crippen LogP contribution in [-0.4, -0.2) is 38.8 Å². The summed E-state index contributed by atoms with van der Waals surface area (Å²) in [4.78, 5) is 6.93. The van der Waals surface area contributed by atoms with Crippen molar-refractivity contribution in [3.63, 3.8) is 0 Å². The van der Waals surface area contributed by atoms with Gasteiger partial charge in [0.15, 0.2) is 5.82 Å². The highest BCUT2D eigenvalue weighted by molar-refractivity contribution is 5.64. The molecule has 1 saturated heterocycles. The molecule has 4 rings (SSSR count). The molecule has 0 bridgehead atoms. The molecule has 130 valence electrons. The fraction of sp³-hybridized carbons (Fsp3) is 0.421. The molecule has 6 heteroatoms. The predicted molar refractivity (Wildman–Crippen MR) is 97.2 cm³/mol. The summed E-state index contributed by atoms with van der Waals surface area (Å²) < 4.78 is 8.04. The number of aromatic nitrogens is 4. The third-order valence-electron chi connectivity index (χ3n) is 4.69. The minimum Gasteiger partial charge on any atom is -0.491 e. The molecule has 6 nitrogen and oxygen atoms in total. The van der Waals surface area contributed by atoms with Crippen LogP contribution in [0.25, 0.3) is 5.65 Å². The Morgan fingerprint density at radius 3 is 2.84 bits per heavy atom. The van der Waals surface area contributed by atoms with E-state index in [0.29, 0.717) is 18.6 Å². The van der Waals surface area contributed by atoms with Crippen molar-refractivity contribution in [2.24, 2.45) is 0 Å². The van der Waals surface area contributed by atoms with Crippen LogP contribution < -0.4 is 9.64 Å². The lowest BCUT2D eigenvalue weighted by atomic mass is 10.2. The van der Waals surface area contributed by atoms with E-state index in [1.165, 1.54) is 0 Å². The molecule has 3 heterocycles. The van der Waals surface area contributed by atoms with E-state index in [4.69, 9.17) is 4.74 Å². The fourth-order valence-corrected chi connectivity index (χ4v) is 3.42. The summed E-state index contributed by atoms with van der Waals surface area (Å²) in [7, 11) is 0. The van der Waals surface area contributed by atoms with Crippen molar-refractivity contribution in [2.75, 3.05) is 18.1 Å². The van der Waals surface area contributed by atoms with Crippen molar-refractivity contribution in [3.8, 4) is 5.75 Å². The molecule has 1 aliphatic heterocycles. The van der Waals surface area contributed by atoms with Crippen LogP contribution in [0.3, 0.4) is 0 Å². The van der Waals surface area contributed by atoms with Crippen LogP contribution in [0.4, 0.5) is 5.82 Å². The average Bonchev–Trinajstić information content (AvgIpc) is 3.27. The molecule has 0 radical (unpaired) electrons. The maximum atomic E-state index is 5.98. The van der Waals surface area contributed by atoms with Gasteiger partial charge in [-0.05, 0) is 25.0 Å².